The van der Waals surface area contributed by atoms with E-state index in [1.807, 2.05) is 30.3 Å². The Balaban J connectivity index is 1.80. The largest absolute Gasteiger partial charge is 0.254 e. The first-order valence-electron chi connectivity index (χ1n) is 8.35. The van der Waals surface area contributed by atoms with E-state index in [0.717, 1.165) is 21.3 Å². The third-order valence-electron chi connectivity index (χ3n) is 4.51. The van der Waals surface area contributed by atoms with Crippen molar-refractivity contribution in [3.8, 4) is 0 Å². The molecule has 6 heteroatoms. The molecule has 4 rings (SSSR count). The number of hydrazone groups is 1. The van der Waals surface area contributed by atoms with Gasteiger partial charge in [-0.1, -0.05) is 69.5 Å². The average molecular weight is 464 g/mol. The number of rotatable bonds is 3. The number of hydrogen-bond donors (Lipinski definition) is 0. The second kappa shape index (κ2) is 7.63. The Morgan fingerprint density at radius 3 is 2.44 bits per heavy atom. The lowest BCUT2D eigenvalue weighted by molar-refractivity contribution is 0.606. The van der Waals surface area contributed by atoms with Crippen LogP contribution in [0.15, 0.2) is 76.3 Å². The van der Waals surface area contributed by atoms with Gasteiger partial charge in [-0.3, -0.25) is 5.01 Å². The Kier molecular flexibility index (Phi) is 5.22. The summed E-state index contributed by atoms with van der Waals surface area (Å²) in [5, 5.41) is 7.56. The molecule has 0 aromatic heterocycles. The lowest BCUT2D eigenvalue weighted by Gasteiger charge is -2.25. The summed E-state index contributed by atoms with van der Waals surface area (Å²) >= 11 is 16.0. The summed E-state index contributed by atoms with van der Waals surface area (Å²) in [5.41, 5.74) is 3.15. The van der Waals surface area contributed by atoms with Gasteiger partial charge >= 0.3 is 0 Å². The normalized spacial score (nSPS) is 16.5. The van der Waals surface area contributed by atoms with Crippen LogP contribution in [-0.2, 0) is 0 Å². The number of hydrogen-bond acceptors (Lipinski definition) is 2. The minimum Gasteiger partial charge on any atom is -0.254 e. The van der Waals surface area contributed by atoms with Gasteiger partial charge in [0.1, 0.15) is 5.82 Å². The van der Waals surface area contributed by atoms with Crippen LogP contribution in [0.25, 0.3) is 0 Å². The molecule has 0 N–H and O–H groups in total. The SMILES string of the molecule is Fc1ccccc1N1N=C(c2ccc(Br)cc2)CC1c1ccc(Cl)cc1Cl. The average Bonchev–Trinajstić information content (AvgIpc) is 3.07. The van der Waals surface area contributed by atoms with Crippen LogP contribution in [0.4, 0.5) is 10.1 Å². The van der Waals surface area contributed by atoms with E-state index in [-0.39, 0.29) is 11.9 Å². The molecule has 0 aliphatic carbocycles. The van der Waals surface area contributed by atoms with Crippen LogP contribution in [0, 0.1) is 5.82 Å². The molecule has 1 atom stereocenters. The van der Waals surface area contributed by atoms with E-state index >= 15 is 0 Å². The fourth-order valence-electron chi connectivity index (χ4n) is 3.20. The molecule has 0 saturated carbocycles. The van der Waals surface area contributed by atoms with Crippen LogP contribution >= 0.6 is 39.1 Å². The topological polar surface area (TPSA) is 15.6 Å². The number of anilines is 1. The summed E-state index contributed by atoms with van der Waals surface area (Å²) in [4.78, 5) is 0. The van der Waals surface area contributed by atoms with Crippen LogP contribution in [0.3, 0.4) is 0 Å². The van der Waals surface area contributed by atoms with E-state index in [4.69, 9.17) is 28.3 Å². The van der Waals surface area contributed by atoms with Crippen molar-refractivity contribution in [2.24, 2.45) is 5.10 Å². The minimum atomic E-state index is -0.326. The molecule has 1 heterocycles. The summed E-state index contributed by atoms with van der Waals surface area (Å²) in [6.07, 6.45) is 0.608. The summed E-state index contributed by atoms with van der Waals surface area (Å²) in [6.45, 7) is 0. The Morgan fingerprint density at radius 1 is 1.00 bits per heavy atom. The molecule has 1 unspecified atom stereocenters. The number of halogens is 4. The number of benzene rings is 3. The Morgan fingerprint density at radius 2 is 1.74 bits per heavy atom. The number of nitrogens with zero attached hydrogens (tertiary/aromatic N) is 2. The zero-order chi connectivity index (χ0) is 19.0. The number of para-hydroxylation sites is 1. The predicted molar refractivity (Wildman–Crippen MR) is 113 cm³/mol. The van der Waals surface area contributed by atoms with Crippen LogP contribution in [-0.4, -0.2) is 5.71 Å². The maximum absolute atomic E-state index is 14.5. The fraction of sp³-hybridized carbons (Fsp3) is 0.0952. The third kappa shape index (κ3) is 3.75. The van der Waals surface area contributed by atoms with Gasteiger partial charge in [0, 0.05) is 20.9 Å². The van der Waals surface area contributed by atoms with Crippen molar-refractivity contribution in [1.29, 1.82) is 0 Å². The smallest absolute Gasteiger partial charge is 0.148 e. The van der Waals surface area contributed by atoms with Gasteiger partial charge in [0.2, 0.25) is 0 Å². The molecule has 1 aliphatic heterocycles. The second-order valence-corrected chi connectivity index (χ2v) is 7.99. The van der Waals surface area contributed by atoms with Crippen LogP contribution < -0.4 is 5.01 Å². The molecule has 0 saturated heterocycles. The van der Waals surface area contributed by atoms with Crippen LogP contribution in [0.5, 0.6) is 0 Å². The van der Waals surface area contributed by atoms with Crippen molar-refractivity contribution in [3.05, 3.63) is 98.2 Å². The lowest BCUT2D eigenvalue weighted by atomic mass is 9.98. The maximum atomic E-state index is 14.5. The highest BCUT2D eigenvalue weighted by atomic mass is 79.9. The molecule has 2 nitrogen and oxygen atoms in total. The highest BCUT2D eigenvalue weighted by Crippen LogP contribution is 2.40. The van der Waals surface area contributed by atoms with E-state index in [0.29, 0.717) is 22.2 Å². The van der Waals surface area contributed by atoms with Gasteiger partial charge in [0.25, 0.3) is 0 Å². The highest BCUT2D eigenvalue weighted by molar-refractivity contribution is 9.10. The van der Waals surface area contributed by atoms with Gasteiger partial charge in [0.15, 0.2) is 0 Å². The van der Waals surface area contributed by atoms with Crippen molar-refractivity contribution >= 4 is 50.5 Å². The van der Waals surface area contributed by atoms with Gasteiger partial charge in [-0.05, 0) is 47.5 Å². The summed E-state index contributed by atoms with van der Waals surface area (Å²) in [7, 11) is 0. The molecule has 27 heavy (non-hydrogen) atoms. The van der Waals surface area contributed by atoms with Crippen LogP contribution in [0.1, 0.15) is 23.6 Å². The van der Waals surface area contributed by atoms with Crippen molar-refractivity contribution < 1.29 is 4.39 Å². The quantitative estimate of drug-likeness (QED) is 0.399. The predicted octanol–water partition coefficient (Wildman–Crippen LogP) is 7.25. The van der Waals surface area contributed by atoms with Gasteiger partial charge in [0.05, 0.1) is 17.4 Å². The van der Waals surface area contributed by atoms with Crippen LogP contribution in [0.2, 0.25) is 10.0 Å². The molecule has 0 fully saturated rings. The zero-order valence-electron chi connectivity index (χ0n) is 14.0. The maximum Gasteiger partial charge on any atom is 0.148 e. The molecule has 3 aromatic rings. The van der Waals surface area contributed by atoms with E-state index in [1.54, 1.807) is 35.3 Å². The van der Waals surface area contributed by atoms with E-state index < -0.39 is 0 Å². The Bertz CT molecular complexity index is 1020. The van der Waals surface area contributed by atoms with Gasteiger partial charge in [-0.2, -0.15) is 5.10 Å². The summed E-state index contributed by atoms with van der Waals surface area (Å²) < 4.78 is 15.5. The van der Waals surface area contributed by atoms with E-state index in [2.05, 4.69) is 15.9 Å². The molecule has 0 amide bonds. The Hall–Kier alpha value is -1.88. The first kappa shape index (κ1) is 18.5. The van der Waals surface area contributed by atoms with Gasteiger partial charge in [-0.25, -0.2) is 4.39 Å². The Labute approximate surface area is 175 Å². The van der Waals surface area contributed by atoms with Crippen molar-refractivity contribution in [1.82, 2.24) is 0 Å². The molecule has 0 bridgehead atoms. The molecular weight excluding hydrogens is 450 g/mol. The third-order valence-corrected chi connectivity index (χ3v) is 5.60. The molecule has 0 radical (unpaired) electrons. The molecule has 1 aliphatic rings. The molecule has 0 spiro atoms. The second-order valence-electron chi connectivity index (χ2n) is 6.24. The molecular formula is C21H14BrCl2FN2. The van der Waals surface area contributed by atoms with E-state index in [1.165, 1.54) is 6.07 Å². The van der Waals surface area contributed by atoms with Gasteiger partial charge < -0.3 is 0 Å². The molecule has 3 aromatic carbocycles. The fourth-order valence-corrected chi connectivity index (χ4v) is 4.00. The first-order valence-corrected chi connectivity index (χ1v) is 9.90. The monoisotopic (exact) mass is 462 g/mol. The first-order chi connectivity index (χ1) is 13.0. The van der Waals surface area contributed by atoms with E-state index in [9.17, 15) is 4.39 Å². The molecule has 136 valence electrons. The van der Waals surface area contributed by atoms with Crippen molar-refractivity contribution in [3.63, 3.8) is 0 Å². The lowest BCUT2D eigenvalue weighted by Crippen LogP contribution is -2.20. The van der Waals surface area contributed by atoms with Crippen molar-refractivity contribution in [2.75, 3.05) is 5.01 Å². The standard InChI is InChI=1S/C21H14BrCl2FN2/c22-14-7-5-13(6-8-14)19-12-21(16-10-9-15(23)11-17(16)24)27(26-19)20-4-2-1-3-18(20)25/h1-11,21H,12H2. The van der Waals surface area contributed by atoms with Crippen molar-refractivity contribution in [2.45, 2.75) is 12.5 Å². The summed E-state index contributed by atoms with van der Waals surface area (Å²) in [5.74, 6) is -0.326. The van der Waals surface area contributed by atoms with Gasteiger partial charge in [-0.15, -0.1) is 0 Å². The minimum absolute atomic E-state index is 0.217. The highest BCUT2D eigenvalue weighted by Gasteiger charge is 2.32. The zero-order valence-corrected chi connectivity index (χ0v) is 17.1. The summed E-state index contributed by atoms with van der Waals surface area (Å²) in [6, 6.07) is 19.7.